The Morgan fingerprint density at radius 2 is 2.17 bits per heavy atom. The molecule has 3 N–H and O–H groups in total. The van der Waals surface area contributed by atoms with Crippen LogP contribution in [0, 0.1) is 6.92 Å². The van der Waals surface area contributed by atoms with E-state index in [4.69, 9.17) is 5.73 Å². The van der Waals surface area contributed by atoms with Gasteiger partial charge in [0.25, 0.3) is 10.0 Å². The van der Waals surface area contributed by atoms with Gasteiger partial charge in [-0.25, -0.2) is 13.4 Å². The molecule has 18 heavy (non-hydrogen) atoms. The monoisotopic (exact) mass is 348 g/mol. The highest BCUT2D eigenvalue weighted by molar-refractivity contribution is 9.10. The minimum atomic E-state index is -3.72. The Kier molecular flexibility index (Phi) is 3.55. The predicted octanol–water partition coefficient (Wildman–Crippen LogP) is 1.99. The summed E-state index contributed by atoms with van der Waals surface area (Å²) in [6, 6.07) is 4.56. The number of aryl methyl sites for hydroxylation is 1. The summed E-state index contributed by atoms with van der Waals surface area (Å²) in [4.78, 5) is 4.01. The molecule has 0 aliphatic rings. The lowest BCUT2D eigenvalue weighted by molar-refractivity contribution is 0.601. The second-order valence-corrected chi connectivity index (χ2v) is 6.70. The molecule has 0 fully saturated rings. The highest BCUT2D eigenvalue weighted by Crippen LogP contribution is 2.26. The summed E-state index contributed by atoms with van der Waals surface area (Å²) in [5.74, 6) is 0.518. The summed E-state index contributed by atoms with van der Waals surface area (Å²) in [6.45, 7) is 1.69. The fourth-order valence-electron chi connectivity index (χ4n) is 1.23. The van der Waals surface area contributed by atoms with Gasteiger partial charge in [-0.15, -0.1) is 0 Å². The first kappa shape index (κ1) is 13.2. The van der Waals surface area contributed by atoms with Crippen molar-refractivity contribution in [3.8, 4) is 0 Å². The SMILES string of the molecule is Cc1nsc(NS(=O)(=O)c2cc(N)ccc2Br)n1. The van der Waals surface area contributed by atoms with E-state index in [1.54, 1.807) is 19.1 Å². The minimum Gasteiger partial charge on any atom is -0.399 e. The second kappa shape index (κ2) is 4.82. The maximum atomic E-state index is 12.1. The van der Waals surface area contributed by atoms with Gasteiger partial charge < -0.3 is 5.73 Å². The van der Waals surface area contributed by atoms with Gasteiger partial charge in [-0.1, -0.05) is 0 Å². The largest absolute Gasteiger partial charge is 0.399 e. The molecule has 0 aliphatic carbocycles. The van der Waals surface area contributed by atoms with Crippen molar-refractivity contribution in [3.05, 3.63) is 28.5 Å². The second-order valence-electron chi connectivity index (χ2n) is 3.44. The molecular formula is C9H9BrN4O2S2. The van der Waals surface area contributed by atoms with Gasteiger partial charge in [0.2, 0.25) is 5.13 Å². The van der Waals surface area contributed by atoms with Gasteiger partial charge in [-0.2, -0.15) is 4.37 Å². The van der Waals surface area contributed by atoms with Crippen LogP contribution in [0.4, 0.5) is 10.8 Å². The van der Waals surface area contributed by atoms with Gasteiger partial charge in [0.1, 0.15) is 10.7 Å². The molecule has 2 rings (SSSR count). The van der Waals surface area contributed by atoms with E-state index >= 15 is 0 Å². The fourth-order valence-corrected chi connectivity index (χ4v) is 4.03. The van der Waals surface area contributed by atoms with Crippen molar-refractivity contribution >= 4 is 48.3 Å². The molecule has 0 unspecified atom stereocenters. The first-order valence-electron chi connectivity index (χ1n) is 4.76. The van der Waals surface area contributed by atoms with E-state index in [0.29, 0.717) is 16.0 Å². The molecule has 1 aromatic carbocycles. The standard InChI is InChI=1S/C9H9BrN4O2S2/c1-5-12-9(17-13-5)14-18(15,16)8-4-6(11)2-3-7(8)10/h2-4H,11H2,1H3,(H,12,13,14). The van der Waals surface area contributed by atoms with E-state index in [9.17, 15) is 8.42 Å². The third kappa shape index (κ3) is 2.79. The van der Waals surface area contributed by atoms with E-state index in [1.165, 1.54) is 6.07 Å². The number of nitrogen functional groups attached to an aromatic ring is 1. The molecule has 0 saturated heterocycles. The summed E-state index contributed by atoms with van der Waals surface area (Å²) in [5, 5.41) is 0.224. The molecular weight excluding hydrogens is 340 g/mol. The summed E-state index contributed by atoms with van der Waals surface area (Å²) < 4.78 is 30.9. The van der Waals surface area contributed by atoms with Gasteiger partial charge in [-0.3, -0.25) is 4.72 Å². The lowest BCUT2D eigenvalue weighted by Crippen LogP contribution is -2.13. The zero-order valence-electron chi connectivity index (χ0n) is 9.21. The van der Waals surface area contributed by atoms with Crippen LogP contribution in [0.5, 0.6) is 0 Å². The third-order valence-corrected chi connectivity index (χ3v) is 5.18. The lowest BCUT2D eigenvalue weighted by Gasteiger charge is -2.07. The number of hydrogen-bond acceptors (Lipinski definition) is 6. The molecule has 2 aromatic rings. The Balaban J connectivity index is 2.39. The van der Waals surface area contributed by atoms with Crippen molar-refractivity contribution in [1.29, 1.82) is 0 Å². The van der Waals surface area contributed by atoms with Crippen molar-refractivity contribution in [2.75, 3.05) is 10.5 Å². The van der Waals surface area contributed by atoms with Crippen molar-refractivity contribution in [3.63, 3.8) is 0 Å². The maximum absolute atomic E-state index is 12.1. The molecule has 9 heteroatoms. The van der Waals surface area contributed by atoms with Crippen LogP contribution in [0.1, 0.15) is 5.82 Å². The average molecular weight is 349 g/mol. The molecule has 6 nitrogen and oxygen atoms in total. The van der Waals surface area contributed by atoms with E-state index in [1.807, 2.05) is 0 Å². The highest BCUT2D eigenvalue weighted by atomic mass is 79.9. The van der Waals surface area contributed by atoms with E-state index < -0.39 is 10.0 Å². The number of hydrogen-bond donors (Lipinski definition) is 2. The molecule has 0 radical (unpaired) electrons. The molecule has 1 heterocycles. The Hall–Kier alpha value is -1.19. The number of sulfonamides is 1. The molecule has 0 aliphatic heterocycles. The maximum Gasteiger partial charge on any atom is 0.264 e. The number of nitrogens with zero attached hydrogens (tertiary/aromatic N) is 2. The Bertz CT molecular complexity index is 684. The average Bonchev–Trinajstić information content (AvgIpc) is 2.66. The third-order valence-electron chi connectivity index (χ3n) is 1.99. The molecule has 0 saturated carbocycles. The molecule has 0 amide bonds. The molecule has 0 bridgehead atoms. The van der Waals surface area contributed by atoms with Crippen LogP contribution in [0.15, 0.2) is 27.6 Å². The van der Waals surface area contributed by atoms with Crippen LogP contribution in [0.3, 0.4) is 0 Å². The summed E-state index contributed by atoms with van der Waals surface area (Å²) in [5.41, 5.74) is 5.95. The fraction of sp³-hybridized carbons (Fsp3) is 0.111. The van der Waals surface area contributed by atoms with E-state index in [-0.39, 0.29) is 10.0 Å². The summed E-state index contributed by atoms with van der Waals surface area (Å²) in [6.07, 6.45) is 0. The van der Waals surface area contributed by atoms with Gasteiger partial charge in [0.15, 0.2) is 0 Å². The van der Waals surface area contributed by atoms with Crippen molar-refractivity contribution in [2.45, 2.75) is 11.8 Å². The van der Waals surface area contributed by atoms with Gasteiger partial charge in [0, 0.05) is 21.7 Å². The number of nitrogens with two attached hydrogens (primary N) is 1. The van der Waals surface area contributed by atoms with Crippen molar-refractivity contribution in [2.24, 2.45) is 0 Å². The number of halogens is 1. The van der Waals surface area contributed by atoms with E-state index in [0.717, 1.165) is 11.5 Å². The van der Waals surface area contributed by atoms with Crippen molar-refractivity contribution in [1.82, 2.24) is 9.36 Å². The van der Waals surface area contributed by atoms with Crippen LogP contribution in [0.2, 0.25) is 0 Å². The highest BCUT2D eigenvalue weighted by Gasteiger charge is 2.19. The van der Waals surface area contributed by atoms with Crippen LogP contribution in [-0.2, 0) is 10.0 Å². The van der Waals surface area contributed by atoms with Crippen LogP contribution in [-0.4, -0.2) is 17.8 Å². The Labute approximate surface area is 117 Å². The van der Waals surface area contributed by atoms with Crippen molar-refractivity contribution < 1.29 is 8.42 Å². The number of rotatable bonds is 3. The van der Waals surface area contributed by atoms with Gasteiger partial charge >= 0.3 is 0 Å². The normalized spacial score (nSPS) is 11.4. The quantitative estimate of drug-likeness (QED) is 0.826. The first-order valence-corrected chi connectivity index (χ1v) is 7.81. The zero-order chi connectivity index (χ0) is 13.3. The number of anilines is 2. The Morgan fingerprint density at radius 3 is 2.78 bits per heavy atom. The molecule has 1 aromatic heterocycles. The number of aromatic nitrogens is 2. The summed E-state index contributed by atoms with van der Waals surface area (Å²) in [7, 11) is -3.72. The van der Waals surface area contributed by atoms with Gasteiger partial charge in [-0.05, 0) is 41.1 Å². The zero-order valence-corrected chi connectivity index (χ0v) is 12.4. The summed E-state index contributed by atoms with van der Waals surface area (Å²) >= 11 is 4.16. The topological polar surface area (TPSA) is 98.0 Å². The minimum absolute atomic E-state index is 0.0651. The first-order chi connectivity index (χ1) is 8.38. The van der Waals surface area contributed by atoms with Crippen LogP contribution < -0.4 is 10.5 Å². The van der Waals surface area contributed by atoms with E-state index in [2.05, 4.69) is 30.0 Å². The number of benzene rings is 1. The molecule has 96 valence electrons. The van der Waals surface area contributed by atoms with Gasteiger partial charge in [0.05, 0.1) is 0 Å². The molecule has 0 atom stereocenters. The molecule has 0 spiro atoms. The predicted molar refractivity (Wildman–Crippen MR) is 74.0 cm³/mol. The Morgan fingerprint density at radius 1 is 1.44 bits per heavy atom. The lowest BCUT2D eigenvalue weighted by atomic mass is 10.3. The van der Waals surface area contributed by atoms with Crippen LogP contribution in [0.25, 0.3) is 0 Å². The number of nitrogens with one attached hydrogen (secondary N) is 1. The smallest absolute Gasteiger partial charge is 0.264 e. The van der Waals surface area contributed by atoms with Crippen LogP contribution >= 0.6 is 27.5 Å².